The highest BCUT2D eigenvalue weighted by atomic mass is 31.2. The van der Waals surface area contributed by atoms with Gasteiger partial charge in [0, 0.05) is 6.20 Å². The van der Waals surface area contributed by atoms with Gasteiger partial charge in [0.25, 0.3) is 0 Å². The molecule has 1 aromatic carbocycles. The number of nitrogens with zero attached hydrogens (tertiary/aromatic N) is 1. The van der Waals surface area contributed by atoms with Crippen LogP contribution in [0.15, 0.2) is 36.5 Å². The van der Waals surface area contributed by atoms with Crippen molar-refractivity contribution in [1.29, 1.82) is 0 Å². The molecule has 16 heteroatoms. The lowest BCUT2D eigenvalue weighted by atomic mass is 9.99. The highest BCUT2D eigenvalue weighted by Gasteiger charge is 2.44. The topological polar surface area (TPSA) is 140 Å². The Labute approximate surface area is 163 Å². The maximum atomic E-state index is 13.0. The summed E-state index contributed by atoms with van der Waals surface area (Å²) in [5.41, 5.74) is -6.77. The molecule has 0 bridgehead atoms. The molecule has 1 heterocycles. The largest absolute Gasteiger partial charge is 0.416 e. The van der Waals surface area contributed by atoms with Gasteiger partial charge >= 0.3 is 27.5 Å². The van der Waals surface area contributed by atoms with Gasteiger partial charge in [-0.05, 0) is 41.5 Å². The highest BCUT2D eigenvalue weighted by molar-refractivity contribution is 7.71. The Hall–Kier alpha value is -1.95. The number of benzene rings is 1. The maximum Gasteiger partial charge on any atom is 0.416 e. The van der Waals surface area contributed by atoms with Gasteiger partial charge in [-0.3, -0.25) is 9.13 Å². The molecule has 0 aliphatic heterocycles. The van der Waals surface area contributed by atoms with E-state index in [0.29, 0.717) is 12.1 Å². The molecule has 1 aromatic heterocycles. The molecule has 8 nitrogen and oxygen atoms in total. The Balaban J connectivity index is 2.57. The Morgan fingerprint density at radius 2 is 1.27 bits per heavy atom. The molecular formula is C14H12F6N2O6P2. The number of hydrogen-bond donors (Lipinski definition) is 5. The molecule has 30 heavy (non-hydrogen) atoms. The van der Waals surface area contributed by atoms with Crippen LogP contribution >= 0.6 is 15.2 Å². The molecule has 0 radical (unpaired) electrons. The average Bonchev–Trinajstić information content (AvgIpc) is 2.56. The van der Waals surface area contributed by atoms with E-state index in [1.165, 1.54) is 0 Å². The van der Waals surface area contributed by atoms with Crippen LogP contribution in [0.1, 0.15) is 11.1 Å². The van der Waals surface area contributed by atoms with Gasteiger partial charge in [0.15, 0.2) is 0 Å². The zero-order chi connectivity index (χ0) is 23.1. The number of anilines is 1. The minimum Gasteiger partial charge on any atom is -0.346 e. The van der Waals surface area contributed by atoms with Crippen molar-refractivity contribution in [2.24, 2.45) is 0 Å². The van der Waals surface area contributed by atoms with Crippen molar-refractivity contribution in [3.8, 4) is 11.1 Å². The monoisotopic (exact) mass is 480 g/mol. The van der Waals surface area contributed by atoms with Crippen LogP contribution in [0.4, 0.5) is 32.2 Å². The summed E-state index contributed by atoms with van der Waals surface area (Å²) in [5, 5.41) is 1.78. The fourth-order valence-corrected chi connectivity index (χ4v) is 4.48. The van der Waals surface area contributed by atoms with Gasteiger partial charge in [0.2, 0.25) is 5.52 Å². The Morgan fingerprint density at radius 1 is 0.800 bits per heavy atom. The van der Waals surface area contributed by atoms with Crippen LogP contribution in [-0.4, -0.2) is 30.1 Å². The van der Waals surface area contributed by atoms with Gasteiger partial charge in [-0.25, -0.2) is 4.98 Å². The van der Waals surface area contributed by atoms with E-state index in [1.807, 2.05) is 0 Å². The average molecular weight is 480 g/mol. The maximum absolute atomic E-state index is 13.0. The summed E-state index contributed by atoms with van der Waals surface area (Å²) in [6.07, 6.45) is -9.34. The molecule has 0 amide bonds. The number of rotatable bonds is 5. The molecule has 2 aromatic rings. The first kappa shape index (κ1) is 24.3. The molecule has 0 saturated heterocycles. The second-order valence-corrected chi connectivity index (χ2v) is 9.72. The first-order valence-electron chi connectivity index (χ1n) is 7.52. The third-order valence-electron chi connectivity index (χ3n) is 3.60. The minimum atomic E-state index is -5.42. The summed E-state index contributed by atoms with van der Waals surface area (Å²) in [6, 6.07) is 2.54. The summed E-state index contributed by atoms with van der Waals surface area (Å²) < 4.78 is 101. The van der Waals surface area contributed by atoms with Crippen LogP contribution in [0.3, 0.4) is 0 Å². The van der Waals surface area contributed by atoms with E-state index >= 15 is 0 Å². The van der Waals surface area contributed by atoms with Crippen LogP contribution in [0.25, 0.3) is 11.1 Å². The predicted octanol–water partition coefficient (Wildman–Crippen LogP) is 3.84. The summed E-state index contributed by atoms with van der Waals surface area (Å²) in [5.74, 6) is -0.602. The van der Waals surface area contributed by atoms with Crippen molar-refractivity contribution in [1.82, 2.24) is 4.98 Å². The molecule has 0 unspecified atom stereocenters. The van der Waals surface area contributed by atoms with E-state index in [0.717, 1.165) is 18.3 Å². The Bertz CT molecular complexity index is 978. The number of halogens is 6. The fraction of sp³-hybridized carbons (Fsp3) is 0.214. The first-order valence-corrected chi connectivity index (χ1v) is 10.9. The third kappa shape index (κ3) is 6.03. The molecule has 0 saturated carbocycles. The summed E-state index contributed by atoms with van der Waals surface area (Å²) in [4.78, 5) is 39.9. The zero-order valence-corrected chi connectivity index (χ0v) is 16.0. The zero-order valence-electron chi connectivity index (χ0n) is 14.3. The fourth-order valence-electron chi connectivity index (χ4n) is 2.31. The first-order chi connectivity index (χ1) is 13.4. The van der Waals surface area contributed by atoms with Crippen molar-refractivity contribution in [2.45, 2.75) is 17.9 Å². The Morgan fingerprint density at radius 3 is 1.67 bits per heavy atom. The molecular weight excluding hydrogens is 468 g/mol. The van der Waals surface area contributed by atoms with Gasteiger partial charge in [-0.15, -0.1) is 0 Å². The standard InChI is InChI=1S/C14H12F6N2O6P2/c15-13(16,17)9-3-8(4-10(6-9)14(18,19)20)7-1-2-21-11(5-7)22-12(29(23,24)25)30(26,27)28/h1-6,12H,(H,21,22)(H2,23,24,25)(H2,26,27,28). The SMILES string of the molecule is O=P(O)(O)C(Nc1cc(-c2cc(C(F)(F)F)cc(C(F)(F)F)c2)ccn1)P(=O)(O)O. The smallest absolute Gasteiger partial charge is 0.346 e. The lowest BCUT2D eigenvalue weighted by Gasteiger charge is -2.21. The number of hydrogen-bond acceptors (Lipinski definition) is 4. The van der Waals surface area contributed by atoms with Gasteiger partial charge in [0.1, 0.15) is 5.82 Å². The van der Waals surface area contributed by atoms with E-state index in [4.69, 9.17) is 19.6 Å². The molecule has 2 rings (SSSR count). The normalized spacial score (nSPS) is 13.6. The lowest BCUT2D eigenvalue weighted by Crippen LogP contribution is -2.20. The highest BCUT2D eigenvalue weighted by Crippen LogP contribution is 2.59. The molecule has 0 fully saturated rings. The van der Waals surface area contributed by atoms with Crippen molar-refractivity contribution < 1.29 is 55.0 Å². The van der Waals surface area contributed by atoms with E-state index in [2.05, 4.69) is 4.98 Å². The summed E-state index contributed by atoms with van der Waals surface area (Å²) in [7, 11) is -10.8. The van der Waals surface area contributed by atoms with Crippen LogP contribution in [0.2, 0.25) is 0 Å². The number of nitrogens with one attached hydrogen (secondary N) is 1. The van der Waals surface area contributed by atoms with Crippen LogP contribution < -0.4 is 5.32 Å². The van der Waals surface area contributed by atoms with Crippen molar-refractivity contribution >= 4 is 21.0 Å². The van der Waals surface area contributed by atoms with Crippen molar-refractivity contribution in [3.63, 3.8) is 0 Å². The van der Waals surface area contributed by atoms with Gasteiger partial charge < -0.3 is 24.9 Å². The van der Waals surface area contributed by atoms with Gasteiger partial charge in [0.05, 0.1) is 11.1 Å². The Kier molecular flexibility index (Phi) is 6.45. The second kappa shape index (κ2) is 7.95. The molecule has 0 spiro atoms. The number of aromatic nitrogens is 1. The van der Waals surface area contributed by atoms with E-state index in [-0.39, 0.29) is 11.6 Å². The van der Waals surface area contributed by atoms with E-state index in [1.54, 1.807) is 5.32 Å². The molecule has 0 atom stereocenters. The number of alkyl halides is 6. The van der Waals surface area contributed by atoms with Crippen molar-refractivity contribution in [2.75, 3.05) is 5.32 Å². The van der Waals surface area contributed by atoms with Gasteiger partial charge in [-0.1, -0.05) is 0 Å². The molecule has 166 valence electrons. The van der Waals surface area contributed by atoms with Crippen LogP contribution in [0.5, 0.6) is 0 Å². The van der Waals surface area contributed by atoms with E-state index in [9.17, 15) is 35.5 Å². The van der Waals surface area contributed by atoms with E-state index < -0.39 is 55.6 Å². The van der Waals surface area contributed by atoms with Gasteiger partial charge in [-0.2, -0.15) is 26.3 Å². The summed E-state index contributed by atoms with van der Waals surface area (Å²) >= 11 is 0. The minimum absolute atomic E-state index is 0.0819. The molecule has 0 aliphatic rings. The van der Waals surface area contributed by atoms with Crippen LogP contribution in [-0.2, 0) is 21.5 Å². The molecule has 0 aliphatic carbocycles. The third-order valence-corrected chi connectivity index (χ3v) is 6.93. The number of pyridine rings is 1. The second-order valence-electron chi connectivity index (χ2n) is 5.92. The summed E-state index contributed by atoms with van der Waals surface area (Å²) in [6.45, 7) is 0. The quantitative estimate of drug-likeness (QED) is 0.321. The van der Waals surface area contributed by atoms with Crippen molar-refractivity contribution in [3.05, 3.63) is 47.7 Å². The van der Waals surface area contributed by atoms with Crippen LogP contribution in [0, 0.1) is 0 Å². The predicted molar refractivity (Wildman–Crippen MR) is 91.2 cm³/mol. The molecule has 5 N–H and O–H groups in total. The lowest BCUT2D eigenvalue weighted by molar-refractivity contribution is -0.143.